The number of rotatable bonds is 7. The minimum Gasteiger partial charge on any atom is -0.394 e. The molecule has 0 aliphatic carbocycles. The van der Waals surface area contributed by atoms with Crippen molar-refractivity contribution < 1.29 is 28.8 Å². The largest absolute Gasteiger partial charge is 0.394 e. The zero-order chi connectivity index (χ0) is 22.3. The molecular formula is C19H23BrN4O6S. The van der Waals surface area contributed by atoms with E-state index in [0.29, 0.717) is 24.0 Å². The quantitative estimate of drug-likeness (QED) is 0.272. The first kappa shape index (κ1) is 22.4. The first-order valence-corrected chi connectivity index (χ1v) is 12.0. The average Bonchev–Trinajstić information content (AvgIpc) is 3.50. The summed E-state index contributed by atoms with van der Waals surface area (Å²) < 4.78 is 29.1. The first-order valence-electron chi connectivity index (χ1n) is 9.76. The Hall–Kier alpha value is -1.80. The Bertz CT molecular complexity index is 1190. The molecule has 1 fully saturated rings. The average molecular weight is 515 g/mol. The zero-order valence-electron chi connectivity index (χ0n) is 16.4. The van der Waals surface area contributed by atoms with Crippen molar-refractivity contribution in [2.45, 2.75) is 36.0 Å². The molecule has 0 saturated carbocycles. The summed E-state index contributed by atoms with van der Waals surface area (Å²) in [6, 6.07) is 5.27. The smallest absolute Gasteiger partial charge is 0.245 e. The molecule has 10 nitrogen and oxygen atoms in total. The van der Waals surface area contributed by atoms with Crippen molar-refractivity contribution in [1.29, 1.82) is 0 Å². The molecule has 31 heavy (non-hydrogen) atoms. The van der Waals surface area contributed by atoms with Crippen LogP contribution in [0.5, 0.6) is 0 Å². The third kappa shape index (κ3) is 4.04. The lowest BCUT2D eigenvalue weighted by Gasteiger charge is -2.19. The summed E-state index contributed by atoms with van der Waals surface area (Å²) in [5.41, 5.74) is 0.834. The highest BCUT2D eigenvalue weighted by molar-refractivity contribution is 9.10. The number of imidazole rings is 1. The first-order chi connectivity index (χ1) is 14.7. The van der Waals surface area contributed by atoms with Crippen molar-refractivity contribution in [3.05, 3.63) is 34.6 Å². The summed E-state index contributed by atoms with van der Waals surface area (Å²) in [6.07, 6.45) is -1.88. The van der Waals surface area contributed by atoms with Crippen molar-refractivity contribution in [3.8, 4) is 11.5 Å². The minimum atomic E-state index is -3.83. The Labute approximate surface area is 186 Å². The van der Waals surface area contributed by atoms with Crippen LogP contribution in [0.3, 0.4) is 0 Å². The van der Waals surface area contributed by atoms with Crippen LogP contribution in [0.2, 0.25) is 0 Å². The van der Waals surface area contributed by atoms with Gasteiger partial charge in [-0.15, -0.1) is 0 Å². The van der Waals surface area contributed by atoms with Gasteiger partial charge in [0, 0.05) is 34.7 Å². The molecule has 1 saturated heterocycles. The highest BCUT2D eigenvalue weighted by atomic mass is 79.9. The second-order valence-corrected chi connectivity index (χ2v) is 10.3. The lowest BCUT2D eigenvalue weighted by atomic mass is 10.1. The van der Waals surface area contributed by atoms with E-state index in [1.165, 1.54) is 10.5 Å². The molecule has 3 aromatic rings. The Morgan fingerprint density at radius 1 is 1.19 bits per heavy atom. The van der Waals surface area contributed by atoms with E-state index in [1.54, 1.807) is 18.2 Å². The molecule has 12 heteroatoms. The number of aromatic nitrogens is 3. The molecule has 0 amide bonds. The van der Waals surface area contributed by atoms with E-state index in [2.05, 4.69) is 30.9 Å². The lowest BCUT2D eigenvalue weighted by Crippen LogP contribution is -2.34. The molecule has 1 aliphatic rings. The van der Waals surface area contributed by atoms with Gasteiger partial charge in [-0.2, -0.15) is 4.31 Å². The number of H-pyrrole nitrogens is 2. The molecular weight excluding hydrogens is 492 g/mol. The zero-order valence-corrected chi connectivity index (χ0v) is 18.8. The molecule has 0 radical (unpaired) electrons. The molecule has 1 aliphatic heterocycles. The van der Waals surface area contributed by atoms with Crippen LogP contribution in [-0.4, -0.2) is 80.0 Å². The standard InChI is InChI=1S/C19H23BrN4O6S/c20-10-3-4-12-11(7-10)18(31(29,30)24-5-1-2-6-24)15(22-12)19-21-8-13(23-19)16(27)17(28)14(26)9-25/h3-4,7-8,14,16-17,22,25-28H,1-2,5-6,9H2,(H,21,23)/t14-,16-,17-/m0/s1. The number of hydrogen-bond donors (Lipinski definition) is 6. The van der Waals surface area contributed by atoms with Crippen molar-refractivity contribution in [2.75, 3.05) is 19.7 Å². The van der Waals surface area contributed by atoms with Crippen LogP contribution in [0.25, 0.3) is 22.4 Å². The number of aliphatic hydroxyl groups is 4. The second-order valence-electron chi connectivity index (χ2n) is 7.49. The molecule has 6 N–H and O–H groups in total. The molecule has 4 rings (SSSR count). The highest BCUT2D eigenvalue weighted by Gasteiger charge is 2.34. The van der Waals surface area contributed by atoms with E-state index in [1.807, 2.05) is 0 Å². The number of sulfonamides is 1. The predicted molar refractivity (Wildman–Crippen MR) is 116 cm³/mol. The van der Waals surface area contributed by atoms with Crippen LogP contribution in [0.4, 0.5) is 0 Å². The summed E-state index contributed by atoms with van der Waals surface area (Å²) in [5, 5.41) is 39.3. The third-order valence-corrected chi connectivity index (χ3v) is 7.90. The molecule has 3 atom stereocenters. The molecule has 2 aromatic heterocycles. The van der Waals surface area contributed by atoms with Crippen LogP contribution in [0.1, 0.15) is 24.6 Å². The summed E-state index contributed by atoms with van der Waals surface area (Å²) >= 11 is 3.39. The number of fused-ring (bicyclic) bond motifs is 1. The van der Waals surface area contributed by atoms with Crippen LogP contribution in [0, 0.1) is 0 Å². The van der Waals surface area contributed by atoms with E-state index in [9.17, 15) is 23.7 Å². The van der Waals surface area contributed by atoms with Crippen LogP contribution in [-0.2, 0) is 10.0 Å². The maximum Gasteiger partial charge on any atom is 0.245 e. The van der Waals surface area contributed by atoms with Crippen molar-refractivity contribution in [2.24, 2.45) is 0 Å². The fourth-order valence-electron chi connectivity index (χ4n) is 3.74. The summed E-state index contributed by atoms with van der Waals surface area (Å²) in [6.45, 7) is 0.149. The number of aliphatic hydroxyl groups excluding tert-OH is 4. The number of aromatic amines is 2. The van der Waals surface area contributed by atoms with Gasteiger partial charge in [0.25, 0.3) is 0 Å². The molecule has 3 heterocycles. The van der Waals surface area contributed by atoms with Gasteiger partial charge in [0.15, 0.2) is 5.82 Å². The monoisotopic (exact) mass is 514 g/mol. The summed E-state index contributed by atoms with van der Waals surface area (Å²) in [7, 11) is -3.83. The molecule has 0 unspecified atom stereocenters. The maximum absolute atomic E-state index is 13.5. The van der Waals surface area contributed by atoms with Gasteiger partial charge < -0.3 is 30.4 Å². The predicted octanol–water partition coefficient (Wildman–Crippen LogP) is 0.853. The number of nitrogens with zero attached hydrogens (tertiary/aromatic N) is 2. The van der Waals surface area contributed by atoms with Gasteiger partial charge in [0.05, 0.1) is 12.3 Å². The number of hydrogen-bond acceptors (Lipinski definition) is 7. The fourth-order valence-corrected chi connectivity index (χ4v) is 5.95. The van der Waals surface area contributed by atoms with Crippen molar-refractivity contribution >= 4 is 36.9 Å². The van der Waals surface area contributed by atoms with Crippen LogP contribution >= 0.6 is 15.9 Å². The van der Waals surface area contributed by atoms with Crippen LogP contribution < -0.4 is 0 Å². The van der Waals surface area contributed by atoms with Crippen molar-refractivity contribution in [1.82, 2.24) is 19.3 Å². The normalized spacial score (nSPS) is 18.5. The number of nitrogens with one attached hydrogen (secondary N) is 2. The SMILES string of the molecule is O=S(=O)(c1c(-c2nc([C@H](O)[C@@H](O)[C@@H](O)CO)c[nH]2)[nH]c2ccc(Br)cc12)N1CCCC1. The van der Waals surface area contributed by atoms with E-state index in [0.717, 1.165) is 17.3 Å². The Morgan fingerprint density at radius 2 is 1.90 bits per heavy atom. The van der Waals surface area contributed by atoms with Gasteiger partial charge >= 0.3 is 0 Å². The Morgan fingerprint density at radius 3 is 2.58 bits per heavy atom. The van der Waals surface area contributed by atoms with Gasteiger partial charge in [-0.1, -0.05) is 15.9 Å². The molecule has 0 spiro atoms. The summed E-state index contributed by atoms with van der Waals surface area (Å²) in [5.74, 6) is 0.157. The Balaban J connectivity index is 1.83. The second kappa shape index (κ2) is 8.62. The maximum atomic E-state index is 13.5. The van der Waals surface area contributed by atoms with Crippen LogP contribution in [0.15, 0.2) is 33.8 Å². The van der Waals surface area contributed by atoms with E-state index >= 15 is 0 Å². The van der Waals surface area contributed by atoms with E-state index in [-0.39, 0.29) is 22.1 Å². The number of benzene rings is 1. The minimum absolute atomic E-state index is 0.000595. The molecule has 1 aromatic carbocycles. The van der Waals surface area contributed by atoms with Gasteiger partial charge in [-0.3, -0.25) is 0 Å². The van der Waals surface area contributed by atoms with Gasteiger partial charge in [-0.05, 0) is 31.0 Å². The van der Waals surface area contributed by atoms with E-state index in [4.69, 9.17) is 5.11 Å². The van der Waals surface area contributed by atoms with E-state index < -0.39 is 34.9 Å². The molecule has 168 valence electrons. The van der Waals surface area contributed by atoms with Gasteiger partial charge in [0.1, 0.15) is 28.9 Å². The van der Waals surface area contributed by atoms with Crippen molar-refractivity contribution in [3.63, 3.8) is 0 Å². The van der Waals surface area contributed by atoms with Gasteiger partial charge in [0.2, 0.25) is 10.0 Å². The molecule has 0 bridgehead atoms. The Kier molecular flexibility index (Phi) is 6.23. The summed E-state index contributed by atoms with van der Waals surface area (Å²) in [4.78, 5) is 10.3. The fraction of sp³-hybridized carbons (Fsp3) is 0.421. The number of halogens is 1. The topological polar surface area (TPSA) is 163 Å². The third-order valence-electron chi connectivity index (χ3n) is 5.42. The highest BCUT2D eigenvalue weighted by Crippen LogP contribution is 2.37. The van der Waals surface area contributed by atoms with Gasteiger partial charge in [-0.25, -0.2) is 13.4 Å². The lowest BCUT2D eigenvalue weighted by molar-refractivity contribution is -0.0788.